The van der Waals surface area contributed by atoms with Gasteiger partial charge in [0.2, 0.25) is 5.91 Å². The molecule has 2 N–H and O–H groups in total. The largest absolute Gasteiger partial charge is 0.464 e. The number of anilines is 1. The molecular formula is C27H26N2O3S. The molecule has 0 aliphatic heterocycles. The van der Waals surface area contributed by atoms with Crippen molar-refractivity contribution in [3.8, 4) is 0 Å². The van der Waals surface area contributed by atoms with Crippen LogP contribution in [0.2, 0.25) is 0 Å². The lowest BCUT2D eigenvalue weighted by atomic mass is 9.95. The van der Waals surface area contributed by atoms with E-state index < -0.39 is 0 Å². The van der Waals surface area contributed by atoms with Crippen LogP contribution in [0.1, 0.15) is 50.3 Å². The van der Waals surface area contributed by atoms with Gasteiger partial charge in [-0.05, 0) is 55.9 Å². The minimum Gasteiger partial charge on any atom is -0.464 e. The minimum absolute atomic E-state index is 0.127. The van der Waals surface area contributed by atoms with Gasteiger partial charge in [-0.25, -0.2) is 0 Å². The lowest BCUT2D eigenvalue weighted by molar-refractivity contribution is -0.115. The molecule has 4 aromatic rings. The second-order valence-electron chi connectivity index (χ2n) is 8.57. The summed E-state index contributed by atoms with van der Waals surface area (Å²) in [6.45, 7) is 2.48. The zero-order valence-corrected chi connectivity index (χ0v) is 19.4. The van der Waals surface area contributed by atoms with Crippen LogP contribution in [-0.4, -0.2) is 11.8 Å². The molecule has 168 valence electrons. The number of carbonyl (C=O) groups is 2. The first-order chi connectivity index (χ1) is 16.1. The summed E-state index contributed by atoms with van der Waals surface area (Å²) in [5.74, 6) is -0.271. The number of hydrogen-bond donors (Lipinski definition) is 2. The SMILES string of the molecule is Cc1ccc2occ(CC(=O)Nc3sc4c(c3C(=O)NCc3ccccc3)CCCC4)c2c1. The maximum absolute atomic E-state index is 13.2. The molecule has 2 heterocycles. The Labute approximate surface area is 196 Å². The highest BCUT2D eigenvalue weighted by Crippen LogP contribution is 2.38. The second kappa shape index (κ2) is 9.24. The summed E-state index contributed by atoms with van der Waals surface area (Å²) < 4.78 is 5.62. The van der Waals surface area contributed by atoms with Crippen molar-refractivity contribution in [2.24, 2.45) is 0 Å². The van der Waals surface area contributed by atoms with E-state index in [1.165, 1.54) is 4.88 Å². The highest BCUT2D eigenvalue weighted by Gasteiger charge is 2.26. The van der Waals surface area contributed by atoms with Crippen molar-refractivity contribution in [3.05, 3.63) is 87.5 Å². The molecule has 5 rings (SSSR count). The van der Waals surface area contributed by atoms with Crippen molar-refractivity contribution >= 4 is 39.1 Å². The van der Waals surface area contributed by atoms with Crippen molar-refractivity contribution in [3.63, 3.8) is 0 Å². The second-order valence-corrected chi connectivity index (χ2v) is 9.67. The Bertz CT molecular complexity index is 1320. The molecule has 1 aliphatic rings. The number of nitrogens with one attached hydrogen (secondary N) is 2. The van der Waals surface area contributed by atoms with Gasteiger partial charge in [0.15, 0.2) is 0 Å². The molecule has 0 fully saturated rings. The molecule has 5 nitrogen and oxygen atoms in total. The van der Waals surface area contributed by atoms with Crippen LogP contribution >= 0.6 is 11.3 Å². The lowest BCUT2D eigenvalue weighted by Gasteiger charge is -2.13. The molecule has 2 aromatic carbocycles. The van der Waals surface area contributed by atoms with Gasteiger partial charge >= 0.3 is 0 Å². The number of thiophene rings is 1. The molecule has 0 radical (unpaired) electrons. The molecule has 6 heteroatoms. The number of rotatable bonds is 6. The Balaban J connectivity index is 1.37. The van der Waals surface area contributed by atoms with E-state index in [9.17, 15) is 9.59 Å². The average molecular weight is 459 g/mol. The van der Waals surface area contributed by atoms with E-state index in [1.54, 1.807) is 17.6 Å². The summed E-state index contributed by atoms with van der Waals surface area (Å²) in [5, 5.41) is 7.69. The Kier molecular flexibility index (Phi) is 6.01. The quantitative estimate of drug-likeness (QED) is 0.384. The monoisotopic (exact) mass is 458 g/mol. The van der Waals surface area contributed by atoms with Gasteiger partial charge in [-0.2, -0.15) is 0 Å². The summed E-state index contributed by atoms with van der Waals surface area (Å²) in [6.07, 6.45) is 5.87. The third-order valence-corrected chi connectivity index (χ3v) is 7.31. The van der Waals surface area contributed by atoms with Gasteiger partial charge in [-0.15, -0.1) is 11.3 Å². The van der Waals surface area contributed by atoms with Gasteiger partial charge in [0.05, 0.1) is 18.2 Å². The summed E-state index contributed by atoms with van der Waals surface area (Å²) in [7, 11) is 0. The van der Waals surface area contributed by atoms with Crippen molar-refractivity contribution in [1.29, 1.82) is 0 Å². The van der Waals surface area contributed by atoms with E-state index in [2.05, 4.69) is 10.6 Å². The highest BCUT2D eigenvalue weighted by atomic mass is 32.1. The average Bonchev–Trinajstić information content (AvgIpc) is 3.38. The van der Waals surface area contributed by atoms with Crippen molar-refractivity contribution in [2.75, 3.05) is 5.32 Å². The molecule has 0 atom stereocenters. The summed E-state index contributed by atoms with van der Waals surface area (Å²) >= 11 is 1.54. The molecular weight excluding hydrogens is 432 g/mol. The third-order valence-electron chi connectivity index (χ3n) is 6.11. The predicted molar refractivity (Wildman–Crippen MR) is 132 cm³/mol. The first-order valence-corrected chi connectivity index (χ1v) is 12.1. The molecule has 0 saturated carbocycles. The van der Waals surface area contributed by atoms with E-state index >= 15 is 0 Å². The number of aryl methyl sites for hydroxylation is 2. The number of furan rings is 1. The van der Waals surface area contributed by atoms with E-state index in [-0.39, 0.29) is 18.2 Å². The predicted octanol–water partition coefficient (Wildman–Crippen LogP) is 5.79. The number of carbonyl (C=O) groups excluding carboxylic acids is 2. The summed E-state index contributed by atoms with van der Waals surface area (Å²) in [4.78, 5) is 27.4. The third kappa shape index (κ3) is 4.57. The van der Waals surface area contributed by atoms with Crippen LogP contribution in [0, 0.1) is 6.92 Å². The fourth-order valence-corrected chi connectivity index (χ4v) is 5.74. The number of hydrogen-bond acceptors (Lipinski definition) is 4. The molecule has 0 spiro atoms. The van der Waals surface area contributed by atoms with Crippen LogP contribution in [0.5, 0.6) is 0 Å². The Morgan fingerprint density at radius 1 is 1.06 bits per heavy atom. The molecule has 0 bridgehead atoms. The molecule has 33 heavy (non-hydrogen) atoms. The maximum atomic E-state index is 13.2. The fraction of sp³-hybridized carbons (Fsp3) is 0.259. The van der Waals surface area contributed by atoms with E-state index in [0.717, 1.165) is 58.9 Å². The van der Waals surface area contributed by atoms with Gasteiger partial charge in [0, 0.05) is 22.4 Å². The molecule has 1 aliphatic carbocycles. The van der Waals surface area contributed by atoms with Gasteiger partial charge in [0.25, 0.3) is 5.91 Å². The topological polar surface area (TPSA) is 71.3 Å². The molecule has 2 aromatic heterocycles. The van der Waals surface area contributed by atoms with Gasteiger partial charge < -0.3 is 15.1 Å². The standard InChI is InChI=1S/C27H26N2O3S/c1-17-11-12-22-21(13-17)19(16-32-22)14-24(30)29-27-25(20-9-5-6-10-23(20)33-27)26(31)28-15-18-7-3-2-4-8-18/h2-4,7-8,11-13,16H,5-6,9-10,14-15H2,1H3,(H,28,31)(H,29,30). The lowest BCUT2D eigenvalue weighted by Crippen LogP contribution is -2.25. The number of fused-ring (bicyclic) bond motifs is 2. The minimum atomic E-state index is -0.144. The molecule has 0 saturated heterocycles. The van der Waals surface area contributed by atoms with Crippen molar-refractivity contribution < 1.29 is 14.0 Å². The van der Waals surface area contributed by atoms with Crippen molar-refractivity contribution in [1.82, 2.24) is 5.32 Å². The molecule has 0 unspecified atom stereocenters. The van der Waals surface area contributed by atoms with Crippen LogP contribution in [0.15, 0.2) is 59.2 Å². The van der Waals surface area contributed by atoms with E-state index in [0.29, 0.717) is 17.1 Å². The summed E-state index contributed by atoms with van der Waals surface area (Å²) in [5.41, 5.74) is 5.51. The Morgan fingerprint density at radius 3 is 2.73 bits per heavy atom. The van der Waals surface area contributed by atoms with Gasteiger partial charge in [-0.3, -0.25) is 9.59 Å². The zero-order chi connectivity index (χ0) is 22.8. The van der Waals surface area contributed by atoms with Crippen molar-refractivity contribution in [2.45, 2.75) is 45.6 Å². The van der Waals surface area contributed by atoms with Crippen LogP contribution < -0.4 is 10.6 Å². The highest BCUT2D eigenvalue weighted by molar-refractivity contribution is 7.17. The summed E-state index contributed by atoms with van der Waals surface area (Å²) in [6, 6.07) is 15.8. The van der Waals surface area contributed by atoms with Crippen LogP contribution in [0.4, 0.5) is 5.00 Å². The first kappa shape index (κ1) is 21.5. The zero-order valence-electron chi connectivity index (χ0n) is 18.6. The Hall–Kier alpha value is -3.38. The van der Waals surface area contributed by atoms with E-state index in [4.69, 9.17) is 4.42 Å². The Morgan fingerprint density at radius 2 is 1.88 bits per heavy atom. The molecule has 2 amide bonds. The van der Waals surface area contributed by atoms with Gasteiger partial charge in [0.1, 0.15) is 10.6 Å². The first-order valence-electron chi connectivity index (χ1n) is 11.3. The van der Waals surface area contributed by atoms with E-state index in [1.807, 2.05) is 55.5 Å². The fourth-order valence-electron chi connectivity index (χ4n) is 4.44. The number of benzene rings is 2. The van der Waals surface area contributed by atoms with Crippen LogP contribution in [-0.2, 0) is 30.6 Å². The maximum Gasteiger partial charge on any atom is 0.254 e. The van der Waals surface area contributed by atoms with Crippen LogP contribution in [0.25, 0.3) is 11.0 Å². The van der Waals surface area contributed by atoms with Gasteiger partial charge in [-0.1, -0.05) is 42.0 Å². The number of amides is 2. The van der Waals surface area contributed by atoms with Crippen LogP contribution in [0.3, 0.4) is 0 Å². The normalized spacial score (nSPS) is 13.0. The smallest absolute Gasteiger partial charge is 0.254 e.